The number of amides is 2. The summed E-state index contributed by atoms with van der Waals surface area (Å²) in [6.07, 6.45) is 7.48. The second kappa shape index (κ2) is 7.25. The molecule has 0 bridgehead atoms. The summed E-state index contributed by atoms with van der Waals surface area (Å²) in [5, 5.41) is 0. The molecular weight excluding hydrogens is 376 g/mol. The molecule has 2 atom stereocenters. The van der Waals surface area contributed by atoms with Crippen LogP contribution >= 0.6 is 0 Å². The quantitative estimate of drug-likeness (QED) is 0.767. The number of aryl methyl sites for hydroxylation is 2. The van der Waals surface area contributed by atoms with Crippen LogP contribution in [0.4, 0.5) is 0 Å². The van der Waals surface area contributed by atoms with Crippen molar-refractivity contribution in [1.29, 1.82) is 0 Å². The Bertz CT molecular complexity index is 979. The first-order chi connectivity index (χ1) is 14.5. The summed E-state index contributed by atoms with van der Waals surface area (Å²) >= 11 is 0. The number of imidazole rings is 1. The van der Waals surface area contributed by atoms with Crippen LogP contribution in [0.5, 0.6) is 0 Å². The summed E-state index contributed by atoms with van der Waals surface area (Å²) in [4.78, 5) is 35.4. The summed E-state index contributed by atoms with van der Waals surface area (Å²) in [7, 11) is 1.95. The lowest BCUT2D eigenvalue weighted by molar-refractivity contribution is -0.137. The molecule has 3 fully saturated rings. The third-order valence-corrected chi connectivity index (χ3v) is 7.30. The third kappa shape index (κ3) is 3.32. The first-order valence-corrected chi connectivity index (χ1v) is 11.1. The topological polar surface area (TPSA) is 58.4 Å². The van der Waals surface area contributed by atoms with Crippen LogP contribution in [0.25, 0.3) is 0 Å². The van der Waals surface area contributed by atoms with Gasteiger partial charge in [-0.05, 0) is 43.2 Å². The highest BCUT2D eigenvalue weighted by atomic mass is 16.2. The van der Waals surface area contributed by atoms with Crippen molar-refractivity contribution in [2.75, 3.05) is 26.2 Å². The van der Waals surface area contributed by atoms with Crippen LogP contribution in [0.1, 0.15) is 42.0 Å². The highest BCUT2D eigenvalue weighted by Crippen LogP contribution is 2.50. The molecule has 3 aliphatic rings. The average Bonchev–Trinajstić information content (AvgIpc) is 3.18. The second-order valence-corrected chi connectivity index (χ2v) is 9.49. The summed E-state index contributed by atoms with van der Waals surface area (Å²) in [5.41, 5.74) is 2.61. The van der Waals surface area contributed by atoms with Crippen molar-refractivity contribution in [3.63, 3.8) is 0 Å². The Hall–Kier alpha value is -2.63. The molecule has 2 saturated heterocycles. The molecule has 0 radical (unpaired) electrons. The van der Waals surface area contributed by atoms with E-state index < -0.39 is 5.41 Å². The zero-order chi connectivity index (χ0) is 20.9. The van der Waals surface area contributed by atoms with Gasteiger partial charge in [0.25, 0.3) is 0 Å². The lowest BCUT2D eigenvalue weighted by Gasteiger charge is -2.27. The SMILES string of the molecule is Cc1ccccc1CC(=O)N1C[C@@H](c2cn(C)cn2)[C@@]2(CCN(CC3CC3)C2=O)C1. The van der Waals surface area contributed by atoms with Crippen LogP contribution in [0.3, 0.4) is 0 Å². The van der Waals surface area contributed by atoms with Gasteiger partial charge in [-0.15, -0.1) is 0 Å². The molecule has 3 heterocycles. The van der Waals surface area contributed by atoms with E-state index in [1.54, 1.807) is 6.33 Å². The number of nitrogens with zero attached hydrogens (tertiary/aromatic N) is 4. The first-order valence-electron chi connectivity index (χ1n) is 11.1. The number of carbonyl (C=O) groups excluding carboxylic acids is 2. The van der Waals surface area contributed by atoms with Gasteiger partial charge in [-0.1, -0.05) is 24.3 Å². The Balaban J connectivity index is 1.41. The van der Waals surface area contributed by atoms with E-state index in [2.05, 4.69) is 9.88 Å². The Morgan fingerprint density at radius 2 is 2.07 bits per heavy atom. The number of benzene rings is 1. The van der Waals surface area contributed by atoms with Crippen LogP contribution in [0.15, 0.2) is 36.8 Å². The fourth-order valence-electron chi connectivity index (χ4n) is 5.29. The van der Waals surface area contributed by atoms with E-state index in [0.29, 0.717) is 25.4 Å². The maximum Gasteiger partial charge on any atom is 0.231 e. The predicted molar refractivity (Wildman–Crippen MR) is 114 cm³/mol. The Labute approximate surface area is 177 Å². The van der Waals surface area contributed by atoms with Crippen LogP contribution in [0.2, 0.25) is 0 Å². The highest BCUT2D eigenvalue weighted by molar-refractivity contribution is 5.89. The van der Waals surface area contributed by atoms with Gasteiger partial charge in [0.2, 0.25) is 11.8 Å². The van der Waals surface area contributed by atoms with E-state index in [9.17, 15) is 9.59 Å². The molecule has 1 aromatic heterocycles. The van der Waals surface area contributed by atoms with Crippen molar-refractivity contribution in [2.45, 2.75) is 38.5 Å². The van der Waals surface area contributed by atoms with Gasteiger partial charge in [0, 0.05) is 45.3 Å². The molecule has 0 unspecified atom stereocenters. The molecule has 30 heavy (non-hydrogen) atoms. The van der Waals surface area contributed by atoms with Gasteiger partial charge in [0.1, 0.15) is 0 Å². The van der Waals surface area contributed by atoms with E-state index in [0.717, 1.165) is 36.3 Å². The number of likely N-dealkylation sites (tertiary alicyclic amines) is 2. The van der Waals surface area contributed by atoms with Crippen molar-refractivity contribution in [1.82, 2.24) is 19.4 Å². The van der Waals surface area contributed by atoms with Crippen LogP contribution < -0.4 is 0 Å². The van der Waals surface area contributed by atoms with Gasteiger partial charge in [-0.2, -0.15) is 0 Å². The lowest BCUT2D eigenvalue weighted by atomic mass is 9.75. The predicted octanol–water partition coefficient (Wildman–Crippen LogP) is 2.53. The van der Waals surface area contributed by atoms with Gasteiger partial charge < -0.3 is 14.4 Å². The van der Waals surface area contributed by atoms with Gasteiger partial charge in [0.05, 0.1) is 23.9 Å². The summed E-state index contributed by atoms with van der Waals surface area (Å²) in [5.74, 6) is 0.987. The van der Waals surface area contributed by atoms with Gasteiger partial charge >= 0.3 is 0 Å². The maximum atomic E-state index is 13.6. The van der Waals surface area contributed by atoms with Crippen LogP contribution in [-0.2, 0) is 23.1 Å². The molecule has 1 saturated carbocycles. The van der Waals surface area contributed by atoms with Crippen molar-refractivity contribution in [3.8, 4) is 0 Å². The molecule has 6 nitrogen and oxygen atoms in total. The van der Waals surface area contributed by atoms with Gasteiger partial charge in [-0.3, -0.25) is 9.59 Å². The standard InChI is InChI=1S/C24H30N4O2/c1-17-5-3-4-6-19(17)11-22(29)28-13-20(21-14-26(2)16-25-21)24(15-28)9-10-27(23(24)30)12-18-7-8-18/h3-6,14,16,18,20H,7-13,15H2,1-2H3/t20-,24+/m0/s1. The van der Waals surface area contributed by atoms with E-state index in [1.165, 1.54) is 12.8 Å². The molecule has 1 aliphatic carbocycles. The normalized spacial score (nSPS) is 26.2. The summed E-state index contributed by atoms with van der Waals surface area (Å²) in [6, 6.07) is 8.04. The molecule has 2 aliphatic heterocycles. The number of aromatic nitrogens is 2. The van der Waals surface area contributed by atoms with E-state index in [4.69, 9.17) is 0 Å². The highest BCUT2D eigenvalue weighted by Gasteiger charge is 2.58. The molecular formula is C24H30N4O2. The first kappa shape index (κ1) is 19.3. The fourth-order valence-corrected chi connectivity index (χ4v) is 5.29. The van der Waals surface area contributed by atoms with Crippen LogP contribution in [-0.4, -0.2) is 57.3 Å². The Kier molecular flexibility index (Phi) is 4.68. The Morgan fingerprint density at radius 3 is 2.77 bits per heavy atom. The largest absolute Gasteiger partial charge is 0.342 e. The van der Waals surface area contributed by atoms with Gasteiger partial charge in [-0.25, -0.2) is 4.98 Å². The van der Waals surface area contributed by atoms with Crippen LogP contribution in [0, 0.1) is 18.3 Å². The van der Waals surface area contributed by atoms with Crippen molar-refractivity contribution >= 4 is 11.8 Å². The third-order valence-electron chi connectivity index (χ3n) is 7.30. The summed E-state index contributed by atoms with van der Waals surface area (Å²) < 4.78 is 1.93. The number of rotatable bonds is 5. The van der Waals surface area contributed by atoms with Gasteiger partial charge in [0.15, 0.2) is 0 Å². The van der Waals surface area contributed by atoms with E-state index >= 15 is 0 Å². The zero-order valence-electron chi connectivity index (χ0n) is 17.9. The van der Waals surface area contributed by atoms with E-state index in [1.807, 2.05) is 53.9 Å². The summed E-state index contributed by atoms with van der Waals surface area (Å²) in [6.45, 7) is 4.82. The monoisotopic (exact) mass is 406 g/mol. The second-order valence-electron chi connectivity index (χ2n) is 9.49. The smallest absolute Gasteiger partial charge is 0.231 e. The minimum Gasteiger partial charge on any atom is -0.342 e. The molecule has 2 amide bonds. The molecule has 1 aromatic carbocycles. The van der Waals surface area contributed by atoms with Crippen molar-refractivity contribution < 1.29 is 9.59 Å². The minimum absolute atomic E-state index is 0.0313. The molecule has 6 heteroatoms. The number of hydrogen-bond donors (Lipinski definition) is 0. The Morgan fingerprint density at radius 1 is 1.27 bits per heavy atom. The van der Waals surface area contributed by atoms with Crippen molar-refractivity contribution in [2.24, 2.45) is 18.4 Å². The molecule has 158 valence electrons. The maximum absolute atomic E-state index is 13.6. The van der Waals surface area contributed by atoms with Crippen molar-refractivity contribution in [3.05, 3.63) is 53.6 Å². The fraction of sp³-hybridized carbons (Fsp3) is 0.542. The lowest BCUT2D eigenvalue weighted by Crippen LogP contribution is -2.41. The molecule has 5 rings (SSSR count). The molecule has 2 aromatic rings. The number of carbonyl (C=O) groups is 2. The minimum atomic E-state index is -0.523. The average molecular weight is 407 g/mol. The zero-order valence-corrected chi connectivity index (χ0v) is 17.9. The molecule has 0 N–H and O–H groups in total. The molecule has 1 spiro atoms. The van der Waals surface area contributed by atoms with E-state index in [-0.39, 0.29) is 17.7 Å². The number of hydrogen-bond acceptors (Lipinski definition) is 3.